The fourth-order valence-corrected chi connectivity index (χ4v) is 2.06. The van der Waals surface area contributed by atoms with Crippen molar-refractivity contribution in [2.24, 2.45) is 0 Å². The Labute approximate surface area is 134 Å². The zero-order chi connectivity index (χ0) is 15.9. The van der Waals surface area contributed by atoms with E-state index in [1.807, 2.05) is 0 Å². The largest absolute Gasteiger partial charge is 0.497 e. The van der Waals surface area contributed by atoms with Gasteiger partial charge >= 0.3 is 0 Å². The van der Waals surface area contributed by atoms with E-state index < -0.39 is 0 Å². The van der Waals surface area contributed by atoms with Crippen LogP contribution in [-0.4, -0.2) is 20.1 Å². The van der Waals surface area contributed by atoms with Crippen LogP contribution in [0.1, 0.15) is 5.56 Å². The van der Waals surface area contributed by atoms with Crippen LogP contribution < -0.4 is 14.8 Å². The number of anilines is 1. The van der Waals surface area contributed by atoms with Crippen molar-refractivity contribution in [3.8, 4) is 11.5 Å². The number of para-hydroxylation sites is 1. The smallest absolute Gasteiger partial charge is 0.248 e. The van der Waals surface area contributed by atoms with Crippen LogP contribution in [0.25, 0.3) is 6.08 Å². The molecule has 0 spiro atoms. The monoisotopic (exact) mass is 317 g/mol. The van der Waals surface area contributed by atoms with Gasteiger partial charge in [-0.15, -0.1) is 0 Å². The number of methoxy groups -OCH3 is 2. The van der Waals surface area contributed by atoms with Crippen LogP contribution >= 0.6 is 11.6 Å². The topological polar surface area (TPSA) is 47.6 Å². The predicted octanol–water partition coefficient (Wildman–Crippen LogP) is 4.01. The van der Waals surface area contributed by atoms with E-state index in [1.54, 1.807) is 62.8 Å². The molecule has 0 aromatic heterocycles. The number of amides is 1. The minimum Gasteiger partial charge on any atom is -0.497 e. The summed E-state index contributed by atoms with van der Waals surface area (Å²) in [6.07, 6.45) is 3.08. The number of carbonyl (C=O) groups is 1. The van der Waals surface area contributed by atoms with Crippen LogP contribution in [0, 0.1) is 0 Å². The quantitative estimate of drug-likeness (QED) is 0.848. The second kappa shape index (κ2) is 7.52. The Morgan fingerprint density at radius 2 is 1.91 bits per heavy atom. The first-order valence-corrected chi connectivity index (χ1v) is 6.97. The molecule has 4 nitrogen and oxygen atoms in total. The van der Waals surface area contributed by atoms with Crippen molar-refractivity contribution in [1.29, 1.82) is 0 Å². The molecule has 114 valence electrons. The summed E-state index contributed by atoms with van der Waals surface area (Å²) in [7, 11) is 3.16. The van der Waals surface area contributed by atoms with Crippen LogP contribution in [0.3, 0.4) is 0 Å². The number of hydrogen-bond acceptors (Lipinski definition) is 3. The normalized spacial score (nSPS) is 10.5. The van der Waals surface area contributed by atoms with Crippen molar-refractivity contribution in [2.75, 3.05) is 19.5 Å². The van der Waals surface area contributed by atoms with Gasteiger partial charge in [-0.3, -0.25) is 4.79 Å². The van der Waals surface area contributed by atoms with E-state index in [1.165, 1.54) is 6.08 Å². The van der Waals surface area contributed by atoms with Crippen LogP contribution in [0.5, 0.6) is 11.5 Å². The molecule has 2 rings (SSSR count). The van der Waals surface area contributed by atoms with Gasteiger partial charge in [-0.1, -0.05) is 23.7 Å². The van der Waals surface area contributed by atoms with Gasteiger partial charge in [-0.05, 0) is 36.4 Å². The van der Waals surface area contributed by atoms with Gasteiger partial charge in [0, 0.05) is 11.6 Å². The fraction of sp³-hybridized carbons (Fsp3) is 0.118. The molecule has 0 aliphatic heterocycles. The summed E-state index contributed by atoms with van der Waals surface area (Å²) in [5, 5.41) is 3.21. The molecule has 22 heavy (non-hydrogen) atoms. The summed E-state index contributed by atoms with van der Waals surface area (Å²) in [5.74, 6) is 1.06. The molecule has 0 aliphatic rings. The summed E-state index contributed by atoms with van der Waals surface area (Å²) in [5.41, 5.74) is 1.31. The van der Waals surface area contributed by atoms with E-state index in [4.69, 9.17) is 21.1 Å². The van der Waals surface area contributed by atoms with Crippen molar-refractivity contribution in [1.82, 2.24) is 0 Å². The Morgan fingerprint density at radius 3 is 2.59 bits per heavy atom. The third kappa shape index (κ3) is 4.02. The van der Waals surface area contributed by atoms with E-state index in [-0.39, 0.29) is 5.91 Å². The maximum Gasteiger partial charge on any atom is 0.248 e. The second-order valence-electron chi connectivity index (χ2n) is 4.41. The SMILES string of the molecule is COc1ccc(OC)c(/C=C/C(=O)Nc2ccccc2Cl)c1. The van der Waals surface area contributed by atoms with Crippen molar-refractivity contribution >= 4 is 29.3 Å². The van der Waals surface area contributed by atoms with E-state index >= 15 is 0 Å². The Kier molecular flexibility index (Phi) is 5.44. The van der Waals surface area contributed by atoms with E-state index in [0.29, 0.717) is 22.2 Å². The number of benzene rings is 2. The molecular weight excluding hydrogens is 302 g/mol. The Bertz CT molecular complexity index is 698. The number of rotatable bonds is 5. The number of nitrogens with one attached hydrogen (secondary N) is 1. The van der Waals surface area contributed by atoms with Gasteiger partial charge in [-0.25, -0.2) is 0 Å². The average molecular weight is 318 g/mol. The van der Waals surface area contributed by atoms with Gasteiger partial charge in [0.15, 0.2) is 0 Å². The van der Waals surface area contributed by atoms with Crippen molar-refractivity contribution in [3.05, 3.63) is 59.1 Å². The first-order chi connectivity index (χ1) is 10.6. The van der Waals surface area contributed by atoms with Gasteiger partial charge < -0.3 is 14.8 Å². The molecule has 1 amide bonds. The third-order valence-corrected chi connectivity index (χ3v) is 3.31. The molecule has 0 unspecified atom stereocenters. The fourth-order valence-electron chi connectivity index (χ4n) is 1.87. The van der Waals surface area contributed by atoms with Crippen molar-refractivity contribution in [2.45, 2.75) is 0 Å². The molecule has 0 saturated carbocycles. The molecule has 0 atom stereocenters. The minimum absolute atomic E-state index is 0.280. The molecule has 5 heteroatoms. The van der Waals surface area contributed by atoms with E-state index in [2.05, 4.69) is 5.32 Å². The number of hydrogen-bond donors (Lipinski definition) is 1. The number of carbonyl (C=O) groups excluding carboxylic acids is 1. The Hall–Kier alpha value is -2.46. The molecule has 2 aromatic carbocycles. The molecule has 0 bridgehead atoms. The highest BCUT2D eigenvalue weighted by Gasteiger charge is 2.04. The lowest BCUT2D eigenvalue weighted by molar-refractivity contribution is -0.111. The molecule has 0 saturated heterocycles. The first kappa shape index (κ1) is 15.9. The predicted molar refractivity (Wildman–Crippen MR) is 88.7 cm³/mol. The average Bonchev–Trinajstić information content (AvgIpc) is 2.54. The first-order valence-electron chi connectivity index (χ1n) is 6.59. The molecule has 0 heterocycles. The lowest BCUT2D eigenvalue weighted by atomic mass is 10.1. The summed E-state index contributed by atoms with van der Waals surface area (Å²) in [6.45, 7) is 0. The summed E-state index contributed by atoms with van der Waals surface area (Å²) in [4.78, 5) is 12.0. The van der Waals surface area contributed by atoms with E-state index in [0.717, 1.165) is 5.56 Å². The lowest BCUT2D eigenvalue weighted by Gasteiger charge is -2.07. The summed E-state index contributed by atoms with van der Waals surface area (Å²) < 4.78 is 10.4. The maximum absolute atomic E-state index is 12.0. The Balaban J connectivity index is 2.14. The maximum atomic E-state index is 12.0. The van der Waals surface area contributed by atoms with Gasteiger partial charge in [0.05, 0.1) is 24.9 Å². The zero-order valence-corrected chi connectivity index (χ0v) is 13.1. The van der Waals surface area contributed by atoms with Crippen LogP contribution in [0.4, 0.5) is 5.69 Å². The molecule has 0 aliphatic carbocycles. The Morgan fingerprint density at radius 1 is 1.14 bits per heavy atom. The highest BCUT2D eigenvalue weighted by Crippen LogP contribution is 2.25. The van der Waals surface area contributed by atoms with Crippen molar-refractivity contribution < 1.29 is 14.3 Å². The van der Waals surface area contributed by atoms with Gasteiger partial charge in [0.2, 0.25) is 5.91 Å². The van der Waals surface area contributed by atoms with Crippen LogP contribution in [0.15, 0.2) is 48.5 Å². The zero-order valence-electron chi connectivity index (χ0n) is 12.3. The molecule has 2 aromatic rings. The summed E-state index contributed by atoms with van der Waals surface area (Å²) in [6, 6.07) is 12.4. The molecule has 1 N–H and O–H groups in total. The molecular formula is C17H16ClNO3. The number of ether oxygens (including phenoxy) is 2. The number of halogens is 1. The second-order valence-corrected chi connectivity index (χ2v) is 4.82. The summed E-state index contributed by atoms with van der Waals surface area (Å²) >= 11 is 6.00. The molecule has 0 fully saturated rings. The molecule has 0 radical (unpaired) electrons. The highest BCUT2D eigenvalue weighted by molar-refractivity contribution is 6.33. The lowest BCUT2D eigenvalue weighted by Crippen LogP contribution is -2.08. The van der Waals surface area contributed by atoms with Gasteiger partial charge in [0.25, 0.3) is 0 Å². The highest BCUT2D eigenvalue weighted by atomic mass is 35.5. The van der Waals surface area contributed by atoms with Crippen molar-refractivity contribution in [3.63, 3.8) is 0 Å². The van der Waals surface area contributed by atoms with Crippen LogP contribution in [-0.2, 0) is 4.79 Å². The van der Waals surface area contributed by atoms with Gasteiger partial charge in [0.1, 0.15) is 11.5 Å². The van der Waals surface area contributed by atoms with Crippen LogP contribution in [0.2, 0.25) is 5.02 Å². The minimum atomic E-state index is -0.280. The van der Waals surface area contributed by atoms with Gasteiger partial charge in [-0.2, -0.15) is 0 Å². The van der Waals surface area contributed by atoms with E-state index in [9.17, 15) is 4.79 Å². The standard InChI is InChI=1S/C17H16ClNO3/c1-21-13-8-9-16(22-2)12(11-13)7-10-17(20)19-15-6-4-3-5-14(15)18/h3-11H,1-2H3,(H,19,20)/b10-7+. The third-order valence-electron chi connectivity index (χ3n) is 2.98.